The van der Waals surface area contributed by atoms with Crippen molar-refractivity contribution < 1.29 is 28.6 Å². The van der Waals surface area contributed by atoms with Crippen LogP contribution < -0.4 is 0 Å². The summed E-state index contributed by atoms with van der Waals surface area (Å²) in [6.45, 7) is 6.37. The van der Waals surface area contributed by atoms with Crippen LogP contribution in [0, 0.1) is 0 Å². The fraction of sp³-hybridized carbons (Fsp3) is 0.645. The minimum atomic E-state index is -0.812. The van der Waals surface area contributed by atoms with Gasteiger partial charge in [-0.2, -0.15) is 0 Å². The molecule has 0 rings (SSSR count). The third-order valence-corrected chi connectivity index (χ3v) is 14.1. The van der Waals surface area contributed by atoms with E-state index in [4.69, 9.17) is 14.2 Å². The number of allylic oxidation sites excluding steroid dienone is 24. The Morgan fingerprint density at radius 1 is 0.256 bits per heavy atom. The molecule has 82 heavy (non-hydrogen) atoms. The summed E-state index contributed by atoms with van der Waals surface area (Å²) in [5.41, 5.74) is 0. The lowest BCUT2D eigenvalue weighted by Gasteiger charge is -2.18. The zero-order valence-corrected chi connectivity index (χ0v) is 53.2. The minimum absolute atomic E-state index is 0.102. The molecular formula is C76H124O6. The van der Waals surface area contributed by atoms with Gasteiger partial charge in [0, 0.05) is 19.3 Å². The molecule has 0 amide bonds. The largest absolute Gasteiger partial charge is 0.462 e. The summed E-state index contributed by atoms with van der Waals surface area (Å²) in [6.07, 6.45) is 98.6. The maximum Gasteiger partial charge on any atom is 0.306 e. The van der Waals surface area contributed by atoms with E-state index in [0.29, 0.717) is 19.3 Å². The SMILES string of the molecule is CC/C=C\C/C=C\C/C=C\C/C=C\C/C=C\C/C=C\CCCCC(=O)OC(COC(=O)CCCCCCC/C=C\CCCCCCC)COC(=O)CCCCCCCCCCCCCCC/C=C\C/C=C\C/C=C\C/C=C\C/C=C\CC. The Morgan fingerprint density at radius 3 is 0.780 bits per heavy atom. The van der Waals surface area contributed by atoms with E-state index in [9.17, 15) is 14.4 Å². The molecule has 0 N–H and O–H groups in total. The number of rotatable bonds is 60. The highest BCUT2D eigenvalue weighted by Crippen LogP contribution is 2.16. The van der Waals surface area contributed by atoms with Crippen molar-refractivity contribution in [1.29, 1.82) is 0 Å². The normalized spacial score (nSPS) is 13.1. The Bertz CT molecular complexity index is 1780. The molecule has 464 valence electrons. The van der Waals surface area contributed by atoms with Gasteiger partial charge in [0.25, 0.3) is 0 Å². The van der Waals surface area contributed by atoms with E-state index >= 15 is 0 Å². The fourth-order valence-electron chi connectivity index (χ4n) is 9.06. The molecule has 0 aliphatic rings. The van der Waals surface area contributed by atoms with E-state index in [1.165, 1.54) is 116 Å². The van der Waals surface area contributed by atoms with Crippen LogP contribution >= 0.6 is 0 Å². The van der Waals surface area contributed by atoms with Gasteiger partial charge in [-0.15, -0.1) is 0 Å². The topological polar surface area (TPSA) is 78.9 Å². The van der Waals surface area contributed by atoms with Crippen LogP contribution in [0.3, 0.4) is 0 Å². The highest BCUT2D eigenvalue weighted by molar-refractivity contribution is 5.71. The van der Waals surface area contributed by atoms with Gasteiger partial charge in [-0.3, -0.25) is 14.4 Å². The summed E-state index contributed by atoms with van der Waals surface area (Å²) in [5, 5.41) is 0. The van der Waals surface area contributed by atoms with Crippen LogP contribution in [0.1, 0.15) is 297 Å². The van der Waals surface area contributed by atoms with Gasteiger partial charge in [-0.25, -0.2) is 0 Å². The Morgan fingerprint density at radius 2 is 0.476 bits per heavy atom. The molecule has 0 spiro atoms. The van der Waals surface area contributed by atoms with Crippen LogP contribution in [0.2, 0.25) is 0 Å². The number of hydrogen-bond acceptors (Lipinski definition) is 6. The summed E-state index contributed by atoms with van der Waals surface area (Å²) in [7, 11) is 0. The van der Waals surface area contributed by atoms with Gasteiger partial charge in [-0.05, 0) is 141 Å². The second-order valence-electron chi connectivity index (χ2n) is 22.0. The molecule has 6 heteroatoms. The van der Waals surface area contributed by atoms with Gasteiger partial charge in [0.1, 0.15) is 13.2 Å². The predicted octanol–water partition coefficient (Wildman–Crippen LogP) is 23.5. The number of carbonyl (C=O) groups is 3. The van der Waals surface area contributed by atoms with Crippen molar-refractivity contribution in [2.24, 2.45) is 0 Å². The van der Waals surface area contributed by atoms with Crippen LogP contribution in [0.5, 0.6) is 0 Å². The minimum Gasteiger partial charge on any atom is -0.462 e. The first-order chi connectivity index (χ1) is 40.5. The zero-order chi connectivity index (χ0) is 59.2. The summed E-state index contributed by atoms with van der Waals surface area (Å²) < 4.78 is 16.9. The van der Waals surface area contributed by atoms with Gasteiger partial charge in [0.2, 0.25) is 0 Å². The molecule has 0 bridgehead atoms. The number of unbranched alkanes of at least 4 members (excludes halogenated alkanes) is 25. The summed E-state index contributed by atoms with van der Waals surface area (Å²) >= 11 is 0. The molecule has 0 aliphatic carbocycles. The smallest absolute Gasteiger partial charge is 0.306 e. The molecule has 0 heterocycles. The molecule has 0 aromatic heterocycles. The number of ether oxygens (including phenoxy) is 3. The second kappa shape index (κ2) is 68.8. The monoisotopic (exact) mass is 1130 g/mol. The third-order valence-electron chi connectivity index (χ3n) is 14.1. The van der Waals surface area contributed by atoms with Gasteiger partial charge in [0.15, 0.2) is 6.10 Å². The quantitative estimate of drug-likeness (QED) is 0.0261. The fourth-order valence-corrected chi connectivity index (χ4v) is 9.06. The van der Waals surface area contributed by atoms with Crippen LogP contribution in [-0.2, 0) is 28.6 Å². The van der Waals surface area contributed by atoms with Crippen molar-refractivity contribution in [3.8, 4) is 0 Å². The zero-order valence-electron chi connectivity index (χ0n) is 53.2. The van der Waals surface area contributed by atoms with E-state index in [0.717, 1.165) is 135 Å². The predicted molar refractivity (Wildman–Crippen MR) is 357 cm³/mol. The van der Waals surface area contributed by atoms with Gasteiger partial charge in [-0.1, -0.05) is 282 Å². The standard InChI is InChI=1S/C76H124O6/c1-4-7-10-13-16-19-22-25-28-30-32-34-35-36-37-38-39-40-41-43-44-46-48-51-54-57-60-63-66-69-75(78)81-72-73(71-80-74(77)68-65-62-59-56-53-50-27-24-21-18-15-12-9-6-3)82-76(79)70-67-64-61-58-55-52-49-47-45-42-33-31-29-26-23-20-17-14-11-8-5-2/h7-8,10-11,16-17,19-20,24-29,32-34,36-37,42,47,49,55,58,73H,4-6,9,12-15,18,21-23,30-31,35,38-41,43-46,48,50-54,56-57,59-72H2,1-3H3/b10-7-,11-8-,19-16-,20-17-,27-24-,28-25-,29-26-,34-32-,37-36-,42-33-,49-47-,58-55-. The first-order valence-electron chi connectivity index (χ1n) is 33.8. The Balaban J connectivity index is 4.38. The van der Waals surface area contributed by atoms with Crippen LogP contribution in [0.4, 0.5) is 0 Å². The molecule has 0 saturated heterocycles. The lowest BCUT2D eigenvalue weighted by molar-refractivity contribution is -0.167. The first-order valence-corrected chi connectivity index (χ1v) is 33.8. The maximum atomic E-state index is 12.9. The molecule has 0 saturated carbocycles. The van der Waals surface area contributed by atoms with Crippen molar-refractivity contribution in [3.05, 3.63) is 146 Å². The van der Waals surface area contributed by atoms with Crippen LogP contribution in [0.15, 0.2) is 146 Å². The lowest BCUT2D eigenvalue weighted by Crippen LogP contribution is -2.30. The highest BCUT2D eigenvalue weighted by atomic mass is 16.6. The summed E-state index contributed by atoms with van der Waals surface area (Å²) in [6, 6.07) is 0. The number of esters is 3. The summed E-state index contributed by atoms with van der Waals surface area (Å²) in [4.78, 5) is 38.4. The van der Waals surface area contributed by atoms with Crippen LogP contribution in [-0.4, -0.2) is 37.2 Å². The average molecular weight is 1130 g/mol. The van der Waals surface area contributed by atoms with Gasteiger partial charge >= 0.3 is 17.9 Å². The molecule has 0 fully saturated rings. The van der Waals surface area contributed by atoms with E-state index in [-0.39, 0.29) is 37.5 Å². The number of hydrogen-bond donors (Lipinski definition) is 0. The Labute approximate surface area is 506 Å². The Kier molecular flexibility index (Phi) is 64.8. The molecule has 0 aliphatic heterocycles. The van der Waals surface area contributed by atoms with Crippen molar-refractivity contribution in [3.63, 3.8) is 0 Å². The lowest BCUT2D eigenvalue weighted by atomic mass is 10.0. The van der Waals surface area contributed by atoms with Crippen molar-refractivity contribution in [2.75, 3.05) is 13.2 Å². The molecule has 0 aromatic rings. The summed E-state index contributed by atoms with van der Waals surface area (Å²) in [5.74, 6) is -0.953. The van der Waals surface area contributed by atoms with E-state index < -0.39 is 6.10 Å². The van der Waals surface area contributed by atoms with E-state index in [1.807, 2.05) is 0 Å². The van der Waals surface area contributed by atoms with E-state index in [2.05, 4.69) is 167 Å². The molecule has 0 radical (unpaired) electrons. The van der Waals surface area contributed by atoms with E-state index in [1.54, 1.807) is 0 Å². The maximum absolute atomic E-state index is 12.9. The van der Waals surface area contributed by atoms with Crippen LogP contribution in [0.25, 0.3) is 0 Å². The second-order valence-corrected chi connectivity index (χ2v) is 22.0. The third kappa shape index (κ3) is 66.1. The molecular weight excluding hydrogens is 1010 g/mol. The Hall–Kier alpha value is -4.71. The van der Waals surface area contributed by atoms with Gasteiger partial charge < -0.3 is 14.2 Å². The molecule has 0 aromatic carbocycles. The molecule has 1 unspecified atom stereocenters. The van der Waals surface area contributed by atoms with Crippen molar-refractivity contribution in [2.45, 2.75) is 303 Å². The first kappa shape index (κ1) is 77.3. The number of carbonyl (C=O) groups excluding carboxylic acids is 3. The molecule has 1 atom stereocenters. The average Bonchev–Trinajstić information content (AvgIpc) is 3.47. The molecule has 6 nitrogen and oxygen atoms in total. The highest BCUT2D eigenvalue weighted by Gasteiger charge is 2.19. The van der Waals surface area contributed by atoms with Crippen molar-refractivity contribution in [1.82, 2.24) is 0 Å². The van der Waals surface area contributed by atoms with Gasteiger partial charge in [0.05, 0.1) is 0 Å². The van der Waals surface area contributed by atoms with Crippen molar-refractivity contribution >= 4 is 17.9 Å².